The van der Waals surface area contributed by atoms with Gasteiger partial charge in [0.1, 0.15) is 0 Å². The lowest BCUT2D eigenvalue weighted by Gasteiger charge is -2.29. The van der Waals surface area contributed by atoms with Crippen LogP contribution in [0.25, 0.3) is 0 Å². The van der Waals surface area contributed by atoms with Crippen LogP contribution in [0, 0.1) is 5.92 Å². The molecule has 0 aliphatic carbocycles. The van der Waals surface area contributed by atoms with E-state index < -0.39 is 0 Å². The fourth-order valence-electron chi connectivity index (χ4n) is 3.05. The van der Waals surface area contributed by atoms with Crippen molar-refractivity contribution in [3.05, 3.63) is 47.5 Å². The molecule has 0 saturated heterocycles. The molecule has 2 aromatic heterocycles. The third-order valence-corrected chi connectivity index (χ3v) is 4.48. The normalized spacial score (nSPS) is 13.4. The predicted octanol–water partition coefficient (Wildman–Crippen LogP) is 1.32. The number of carbonyl (C=O) groups excluding carboxylic acids is 2. The molecule has 3 heterocycles. The highest BCUT2D eigenvalue weighted by Gasteiger charge is 2.23. The monoisotopic (exact) mass is 370 g/mol. The summed E-state index contributed by atoms with van der Waals surface area (Å²) in [6, 6.07) is 7.45. The Balaban J connectivity index is 1.44. The minimum atomic E-state index is -0.228. The Kier molecular flexibility index (Phi) is 6.05. The van der Waals surface area contributed by atoms with Gasteiger partial charge in [-0.2, -0.15) is 5.10 Å². The molecule has 8 heteroatoms. The molecule has 2 N–H and O–H groups in total. The molecular weight excluding hydrogens is 344 g/mol. The number of nitrogens with zero attached hydrogens (tertiary/aromatic N) is 4. The van der Waals surface area contributed by atoms with Crippen molar-refractivity contribution in [1.29, 1.82) is 0 Å². The second kappa shape index (κ2) is 8.66. The van der Waals surface area contributed by atoms with Gasteiger partial charge < -0.3 is 15.5 Å². The van der Waals surface area contributed by atoms with Crippen molar-refractivity contribution in [1.82, 2.24) is 30.3 Å². The van der Waals surface area contributed by atoms with E-state index in [0.717, 1.165) is 17.1 Å². The van der Waals surface area contributed by atoms with E-state index in [1.54, 1.807) is 6.20 Å². The standard InChI is InChI=1S/C19H26N6O2/c1-14(2)18(26)24-9-10-25-17(13-24)11-16(23-25)12-22-19(27)21-8-6-15-5-3-4-7-20-15/h3-5,7,11,14H,6,8-10,12-13H2,1-2H3,(H2,21,22,27). The zero-order valence-corrected chi connectivity index (χ0v) is 15.8. The van der Waals surface area contributed by atoms with Gasteiger partial charge >= 0.3 is 6.03 Å². The molecule has 0 fully saturated rings. The van der Waals surface area contributed by atoms with Gasteiger partial charge in [0.25, 0.3) is 0 Å². The first-order chi connectivity index (χ1) is 13.0. The van der Waals surface area contributed by atoms with E-state index in [-0.39, 0.29) is 17.9 Å². The smallest absolute Gasteiger partial charge is 0.315 e. The molecule has 3 amide bonds. The molecule has 3 rings (SSSR count). The lowest BCUT2D eigenvalue weighted by molar-refractivity contribution is -0.136. The van der Waals surface area contributed by atoms with E-state index in [1.807, 2.05) is 47.7 Å². The second-order valence-electron chi connectivity index (χ2n) is 6.95. The molecule has 0 saturated carbocycles. The molecule has 0 unspecified atom stereocenters. The van der Waals surface area contributed by atoms with E-state index in [9.17, 15) is 9.59 Å². The highest BCUT2D eigenvalue weighted by Crippen LogP contribution is 2.15. The molecule has 2 aromatic rings. The summed E-state index contributed by atoms with van der Waals surface area (Å²) < 4.78 is 1.92. The zero-order chi connectivity index (χ0) is 19.2. The highest BCUT2D eigenvalue weighted by molar-refractivity contribution is 5.78. The Morgan fingerprint density at radius 3 is 2.78 bits per heavy atom. The van der Waals surface area contributed by atoms with Crippen LogP contribution in [0.5, 0.6) is 0 Å². The topological polar surface area (TPSA) is 92.2 Å². The summed E-state index contributed by atoms with van der Waals surface area (Å²) in [7, 11) is 0. The van der Waals surface area contributed by atoms with Gasteiger partial charge in [-0.3, -0.25) is 14.5 Å². The van der Waals surface area contributed by atoms with Crippen LogP contribution in [0.2, 0.25) is 0 Å². The van der Waals surface area contributed by atoms with Gasteiger partial charge in [-0.15, -0.1) is 0 Å². The number of carbonyl (C=O) groups is 2. The molecule has 8 nitrogen and oxygen atoms in total. The number of hydrogen-bond donors (Lipinski definition) is 2. The molecule has 1 aliphatic heterocycles. The molecule has 144 valence electrons. The van der Waals surface area contributed by atoms with Gasteiger partial charge in [-0.05, 0) is 18.2 Å². The highest BCUT2D eigenvalue weighted by atomic mass is 16.2. The Morgan fingerprint density at radius 1 is 1.19 bits per heavy atom. The average Bonchev–Trinajstić information content (AvgIpc) is 3.08. The fourth-order valence-corrected chi connectivity index (χ4v) is 3.05. The van der Waals surface area contributed by atoms with E-state index in [4.69, 9.17) is 0 Å². The van der Waals surface area contributed by atoms with E-state index >= 15 is 0 Å². The van der Waals surface area contributed by atoms with Crippen molar-refractivity contribution in [3.63, 3.8) is 0 Å². The van der Waals surface area contributed by atoms with Crippen LogP contribution in [0.4, 0.5) is 4.79 Å². The largest absolute Gasteiger partial charge is 0.338 e. The van der Waals surface area contributed by atoms with E-state index in [1.165, 1.54) is 0 Å². The number of pyridine rings is 1. The number of hydrogen-bond acceptors (Lipinski definition) is 4. The first-order valence-electron chi connectivity index (χ1n) is 9.29. The molecule has 1 aliphatic rings. The van der Waals surface area contributed by atoms with Crippen molar-refractivity contribution in [2.45, 2.75) is 39.9 Å². The van der Waals surface area contributed by atoms with Gasteiger partial charge in [0.2, 0.25) is 5.91 Å². The molecule has 0 radical (unpaired) electrons. The number of amides is 3. The third-order valence-electron chi connectivity index (χ3n) is 4.48. The van der Waals surface area contributed by atoms with E-state index in [0.29, 0.717) is 39.1 Å². The Labute approximate surface area is 159 Å². The first kappa shape index (κ1) is 18.9. The quantitative estimate of drug-likeness (QED) is 0.802. The van der Waals surface area contributed by atoms with Crippen molar-refractivity contribution >= 4 is 11.9 Å². The summed E-state index contributed by atoms with van der Waals surface area (Å²) in [5, 5.41) is 10.2. The fraction of sp³-hybridized carbons (Fsp3) is 0.474. The summed E-state index contributed by atoms with van der Waals surface area (Å²) in [6.45, 7) is 6.63. The van der Waals surface area contributed by atoms with Gasteiger partial charge in [0.05, 0.1) is 31.0 Å². The van der Waals surface area contributed by atoms with Gasteiger partial charge in [0.15, 0.2) is 0 Å². The van der Waals surface area contributed by atoms with Gasteiger partial charge in [-0.1, -0.05) is 19.9 Å². The molecule has 0 aromatic carbocycles. The number of fused-ring (bicyclic) bond motifs is 1. The maximum atomic E-state index is 12.2. The minimum Gasteiger partial charge on any atom is -0.338 e. The lowest BCUT2D eigenvalue weighted by Crippen LogP contribution is -2.40. The van der Waals surface area contributed by atoms with Crippen molar-refractivity contribution in [2.24, 2.45) is 5.92 Å². The van der Waals surface area contributed by atoms with Crippen molar-refractivity contribution in [3.8, 4) is 0 Å². The predicted molar refractivity (Wildman–Crippen MR) is 101 cm³/mol. The number of nitrogens with one attached hydrogen (secondary N) is 2. The SMILES string of the molecule is CC(C)C(=O)N1CCn2nc(CNC(=O)NCCc3ccccn3)cc2C1. The number of aromatic nitrogens is 3. The summed E-state index contributed by atoms with van der Waals surface area (Å²) in [5.41, 5.74) is 2.74. The van der Waals surface area contributed by atoms with Gasteiger partial charge in [0, 0.05) is 37.3 Å². The summed E-state index contributed by atoms with van der Waals surface area (Å²) in [6.07, 6.45) is 2.43. The number of rotatable bonds is 6. The molecule has 0 spiro atoms. The van der Waals surface area contributed by atoms with E-state index in [2.05, 4.69) is 20.7 Å². The van der Waals surface area contributed by atoms with Crippen LogP contribution in [-0.4, -0.2) is 44.7 Å². The van der Waals surface area contributed by atoms with Crippen LogP contribution < -0.4 is 10.6 Å². The Morgan fingerprint density at radius 2 is 2.04 bits per heavy atom. The summed E-state index contributed by atoms with van der Waals surface area (Å²) in [4.78, 5) is 30.2. The van der Waals surface area contributed by atoms with Crippen LogP contribution in [0.3, 0.4) is 0 Å². The molecule has 0 atom stereocenters. The average molecular weight is 370 g/mol. The Hall–Kier alpha value is -2.90. The maximum absolute atomic E-state index is 12.2. The Bertz CT molecular complexity index is 787. The van der Waals surface area contributed by atoms with Gasteiger partial charge in [-0.25, -0.2) is 4.79 Å². The molecular formula is C19H26N6O2. The second-order valence-corrected chi connectivity index (χ2v) is 6.95. The first-order valence-corrected chi connectivity index (χ1v) is 9.29. The van der Waals surface area contributed by atoms with Crippen LogP contribution >= 0.6 is 0 Å². The zero-order valence-electron chi connectivity index (χ0n) is 15.8. The summed E-state index contributed by atoms with van der Waals surface area (Å²) >= 11 is 0. The lowest BCUT2D eigenvalue weighted by atomic mass is 10.1. The molecule has 0 bridgehead atoms. The number of urea groups is 1. The summed E-state index contributed by atoms with van der Waals surface area (Å²) in [5.74, 6) is 0.157. The van der Waals surface area contributed by atoms with Crippen LogP contribution in [-0.2, 0) is 30.8 Å². The molecule has 27 heavy (non-hydrogen) atoms. The van der Waals surface area contributed by atoms with Crippen LogP contribution in [0.1, 0.15) is 30.9 Å². The minimum absolute atomic E-state index is 0.00427. The van der Waals surface area contributed by atoms with Crippen LogP contribution in [0.15, 0.2) is 30.5 Å². The van der Waals surface area contributed by atoms with Crippen molar-refractivity contribution < 1.29 is 9.59 Å². The van der Waals surface area contributed by atoms with Crippen molar-refractivity contribution in [2.75, 3.05) is 13.1 Å². The third kappa shape index (κ3) is 5.06. The maximum Gasteiger partial charge on any atom is 0.315 e.